The van der Waals surface area contributed by atoms with Gasteiger partial charge in [0.25, 0.3) is 0 Å². The second kappa shape index (κ2) is 4.32. The largest absolute Gasteiger partial charge is 0.375 e. The van der Waals surface area contributed by atoms with Crippen LogP contribution in [0.3, 0.4) is 0 Å². The first kappa shape index (κ1) is 10.00. The van der Waals surface area contributed by atoms with Crippen LogP contribution in [0, 0.1) is 0 Å². The summed E-state index contributed by atoms with van der Waals surface area (Å²) < 4.78 is 5.94. The predicted octanol–water partition coefficient (Wildman–Crippen LogP) is 1.29. The highest BCUT2D eigenvalue weighted by Crippen LogP contribution is 2.33. The second-order valence-corrected chi connectivity index (χ2v) is 5.42. The van der Waals surface area contributed by atoms with Gasteiger partial charge in [-0.25, -0.2) is 0 Å². The summed E-state index contributed by atoms with van der Waals surface area (Å²) in [6, 6.07) is 10.5. The molecule has 0 aliphatic carbocycles. The fourth-order valence-electron chi connectivity index (χ4n) is 2.10. The molecule has 1 fully saturated rings. The summed E-state index contributed by atoms with van der Waals surface area (Å²) in [5, 5.41) is -0.0699. The Hall–Kier alpha value is -0.538. The number of hydrogen-bond donors (Lipinski definition) is 0. The van der Waals surface area contributed by atoms with E-state index in [0.29, 0.717) is 0 Å². The molecular formula is C11H15BOSi. The molecule has 2 radical (unpaired) electrons. The summed E-state index contributed by atoms with van der Waals surface area (Å²) in [6.07, 6.45) is 3.54. The Morgan fingerprint density at radius 1 is 1.21 bits per heavy atom. The first-order valence-electron chi connectivity index (χ1n) is 5.27. The molecule has 1 heterocycles. The highest BCUT2D eigenvalue weighted by molar-refractivity contribution is 6.90. The Morgan fingerprint density at radius 3 is 2.57 bits per heavy atom. The van der Waals surface area contributed by atoms with Crippen molar-refractivity contribution >= 4 is 16.8 Å². The number of hydrogen-bond acceptors (Lipinski definition) is 1. The molecule has 2 rings (SSSR count). The molecule has 1 atom stereocenters. The molecule has 0 aromatic heterocycles. The van der Waals surface area contributed by atoms with E-state index in [1.165, 1.54) is 18.4 Å². The van der Waals surface area contributed by atoms with E-state index in [9.17, 15) is 0 Å². The third-order valence-electron chi connectivity index (χ3n) is 2.98. The molecule has 14 heavy (non-hydrogen) atoms. The van der Waals surface area contributed by atoms with Crippen molar-refractivity contribution in [2.75, 3.05) is 6.61 Å². The third kappa shape index (κ3) is 1.79. The van der Waals surface area contributed by atoms with Crippen LogP contribution >= 0.6 is 0 Å². The van der Waals surface area contributed by atoms with Gasteiger partial charge in [0.15, 0.2) is 0 Å². The standard InChI is InChI=1S/C11H15BOSi/c12-14-11(8-4-5-9-13-11)10-6-2-1-3-7-10/h1-3,6-7H,4-5,8-9,14H2. The molecule has 1 aromatic carbocycles. The Bertz CT molecular complexity index is 283. The van der Waals surface area contributed by atoms with Crippen LogP contribution in [0.25, 0.3) is 0 Å². The second-order valence-electron chi connectivity index (χ2n) is 3.87. The Kier molecular flexibility index (Phi) is 3.09. The first-order valence-corrected chi connectivity index (χ1v) is 6.79. The van der Waals surface area contributed by atoms with Gasteiger partial charge in [-0.3, -0.25) is 0 Å². The zero-order valence-corrected chi connectivity index (χ0v) is 9.82. The van der Waals surface area contributed by atoms with Crippen molar-refractivity contribution in [3.05, 3.63) is 35.9 Å². The topological polar surface area (TPSA) is 9.23 Å². The highest BCUT2D eigenvalue weighted by Gasteiger charge is 2.32. The number of benzene rings is 1. The molecule has 3 heteroatoms. The fourth-order valence-corrected chi connectivity index (χ4v) is 3.29. The summed E-state index contributed by atoms with van der Waals surface area (Å²) in [7, 11) is 5.33. The molecule has 0 bridgehead atoms. The lowest BCUT2D eigenvalue weighted by Gasteiger charge is -2.37. The smallest absolute Gasteiger partial charge is 0.0679 e. The molecule has 1 aliphatic heterocycles. The maximum Gasteiger partial charge on any atom is 0.0679 e. The maximum atomic E-state index is 5.98. The molecule has 0 saturated carbocycles. The van der Waals surface area contributed by atoms with Gasteiger partial charge in [-0.2, -0.15) is 0 Å². The van der Waals surface area contributed by atoms with Gasteiger partial charge < -0.3 is 4.74 Å². The minimum absolute atomic E-state index is 0.0699. The molecule has 0 spiro atoms. The minimum atomic E-state index is -0.659. The molecule has 0 amide bonds. The van der Waals surface area contributed by atoms with E-state index in [-0.39, 0.29) is 5.22 Å². The van der Waals surface area contributed by atoms with Crippen LogP contribution in [0.2, 0.25) is 0 Å². The van der Waals surface area contributed by atoms with Gasteiger partial charge in [0.1, 0.15) is 0 Å². The molecular weight excluding hydrogens is 187 g/mol. The van der Waals surface area contributed by atoms with E-state index in [0.717, 1.165) is 13.0 Å². The maximum absolute atomic E-state index is 5.98. The van der Waals surface area contributed by atoms with Crippen molar-refractivity contribution in [1.82, 2.24) is 0 Å². The average molecular weight is 202 g/mol. The molecule has 0 N–H and O–H groups in total. The molecule has 72 valence electrons. The summed E-state index contributed by atoms with van der Waals surface area (Å²) in [6.45, 7) is 0.874. The van der Waals surface area contributed by atoms with Crippen molar-refractivity contribution in [3.8, 4) is 0 Å². The summed E-state index contributed by atoms with van der Waals surface area (Å²) in [4.78, 5) is 0. The van der Waals surface area contributed by atoms with Gasteiger partial charge in [-0.1, -0.05) is 30.3 Å². The third-order valence-corrected chi connectivity index (χ3v) is 4.61. The van der Waals surface area contributed by atoms with Crippen LogP contribution in [0.5, 0.6) is 0 Å². The SMILES string of the molecule is [B][SiH2]C1(c2ccccc2)CCCCO1. The van der Waals surface area contributed by atoms with Crippen molar-refractivity contribution in [2.45, 2.75) is 24.5 Å². The normalized spacial score (nSPS) is 28.3. The van der Waals surface area contributed by atoms with Crippen molar-refractivity contribution < 1.29 is 4.74 Å². The van der Waals surface area contributed by atoms with E-state index in [4.69, 9.17) is 12.2 Å². The summed E-state index contributed by atoms with van der Waals surface area (Å²) in [5.41, 5.74) is 1.29. The van der Waals surface area contributed by atoms with Crippen LogP contribution in [0.15, 0.2) is 30.3 Å². The van der Waals surface area contributed by atoms with Gasteiger partial charge in [0, 0.05) is 16.0 Å². The average Bonchev–Trinajstić information content (AvgIpc) is 2.31. The lowest BCUT2D eigenvalue weighted by molar-refractivity contribution is -0.0221. The Balaban J connectivity index is 2.27. The fraction of sp³-hybridized carbons (Fsp3) is 0.455. The molecule has 1 nitrogen and oxygen atoms in total. The lowest BCUT2D eigenvalue weighted by atomic mass is 10.0. The van der Waals surface area contributed by atoms with Crippen LogP contribution < -0.4 is 0 Å². The minimum Gasteiger partial charge on any atom is -0.375 e. The van der Waals surface area contributed by atoms with Gasteiger partial charge >= 0.3 is 0 Å². The highest BCUT2D eigenvalue weighted by atomic mass is 28.2. The van der Waals surface area contributed by atoms with E-state index < -0.39 is 9.39 Å². The molecule has 1 saturated heterocycles. The van der Waals surface area contributed by atoms with Crippen molar-refractivity contribution in [3.63, 3.8) is 0 Å². The predicted molar refractivity (Wildman–Crippen MR) is 62.2 cm³/mol. The quantitative estimate of drug-likeness (QED) is 0.656. The van der Waals surface area contributed by atoms with Gasteiger partial charge in [0.2, 0.25) is 0 Å². The van der Waals surface area contributed by atoms with Crippen LogP contribution in [-0.2, 0) is 9.96 Å². The van der Waals surface area contributed by atoms with Crippen molar-refractivity contribution in [1.29, 1.82) is 0 Å². The Labute approximate surface area is 89.0 Å². The number of ether oxygens (including phenoxy) is 1. The van der Waals surface area contributed by atoms with Gasteiger partial charge in [-0.15, -0.1) is 0 Å². The summed E-state index contributed by atoms with van der Waals surface area (Å²) in [5.74, 6) is 0. The van der Waals surface area contributed by atoms with Crippen LogP contribution in [0.1, 0.15) is 24.8 Å². The van der Waals surface area contributed by atoms with E-state index in [2.05, 4.69) is 24.3 Å². The monoisotopic (exact) mass is 202 g/mol. The number of rotatable bonds is 2. The van der Waals surface area contributed by atoms with Gasteiger partial charge in [-0.05, 0) is 24.8 Å². The zero-order valence-electron chi connectivity index (χ0n) is 8.41. The molecule has 1 aromatic rings. The van der Waals surface area contributed by atoms with Crippen LogP contribution in [0.4, 0.5) is 0 Å². The zero-order chi connectivity index (χ0) is 9.86. The first-order chi connectivity index (χ1) is 6.87. The lowest BCUT2D eigenvalue weighted by Crippen LogP contribution is -2.39. The van der Waals surface area contributed by atoms with E-state index in [1.807, 2.05) is 6.07 Å². The Morgan fingerprint density at radius 2 is 2.00 bits per heavy atom. The van der Waals surface area contributed by atoms with Crippen molar-refractivity contribution in [2.24, 2.45) is 0 Å². The van der Waals surface area contributed by atoms with E-state index >= 15 is 0 Å². The van der Waals surface area contributed by atoms with Crippen LogP contribution in [-0.4, -0.2) is 23.4 Å². The molecule has 1 aliphatic rings. The summed E-state index contributed by atoms with van der Waals surface area (Å²) >= 11 is 0. The van der Waals surface area contributed by atoms with Gasteiger partial charge in [0.05, 0.1) is 12.7 Å². The van der Waals surface area contributed by atoms with E-state index in [1.54, 1.807) is 0 Å². The molecule has 1 unspecified atom stereocenters.